The molecule has 0 spiro atoms. The van der Waals surface area contributed by atoms with E-state index in [0.29, 0.717) is 0 Å². The number of rotatable bonds is 8. The first-order chi connectivity index (χ1) is 13.5. The lowest BCUT2D eigenvalue weighted by atomic mass is 10.0. The molecule has 0 radical (unpaired) electrons. The van der Waals surface area contributed by atoms with Crippen LogP contribution < -0.4 is 5.32 Å². The van der Waals surface area contributed by atoms with Gasteiger partial charge in [0.15, 0.2) is 9.84 Å². The summed E-state index contributed by atoms with van der Waals surface area (Å²) in [6.07, 6.45) is 1.87. The summed E-state index contributed by atoms with van der Waals surface area (Å²) in [5.41, 5.74) is 1.71. The first kappa shape index (κ1) is 22.5. The second-order valence-electron chi connectivity index (χ2n) is 7.03. The molecule has 29 heavy (non-hydrogen) atoms. The summed E-state index contributed by atoms with van der Waals surface area (Å²) in [5, 5.41) is 13.9. The van der Waals surface area contributed by atoms with Crippen molar-refractivity contribution in [2.75, 3.05) is 26.9 Å². The van der Waals surface area contributed by atoms with Crippen LogP contribution in [-0.4, -0.2) is 51.0 Å². The monoisotopic (exact) mass is 419 g/mol. The zero-order valence-corrected chi connectivity index (χ0v) is 17.7. The third-order valence-corrected chi connectivity index (χ3v) is 5.74. The molecule has 1 N–H and O–H groups in total. The standard InChI is InChI=1S/C20H25N3O5S/c1-5-14-6-8-15(9-7-14)19(22(2)3)13-21-20(24)16-10-17(23(25)26)12-18(11-16)29(4,27)28/h6-12,19H,5,13H2,1-4H3,(H,21,24). The van der Waals surface area contributed by atoms with Crippen LogP contribution in [0.5, 0.6) is 0 Å². The number of amides is 1. The van der Waals surface area contributed by atoms with E-state index in [1.165, 1.54) is 5.56 Å². The molecular formula is C20H25N3O5S. The van der Waals surface area contributed by atoms with Gasteiger partial charge in [-0.2, -0.15) is 0 Å². The van der Waals surface area contributed by atoms with Crippen LogP contribution in [0.2, 0.25) is 0 Å². The van der Waals surface area contributed by atoms with E-state index in [4.69, 9.17) is 0 Å². The Kier molecular flexibility index (Phi) is 7.10. The highest BCUT2D eigenvalue weighted by molar-refractivity contribution is 7.90. The number of likely N-dealkylation sites (N-methyl/N-ethyl adjacent to an activating group) is 1. The minimum Gasteiger partial charge on any atom is -0.350 e. The van der Waals surface area contributed by atoms with Gasteiger partial charge in [0.05, 0.1) is 15.9 Å². The maximum Gasteiger partial charge on any atom is 0.271 e. The number of hydrogen-bond donors (Lipinski definition) is 1. The molecule has 0 aliphatic carbocycles. The SMILES string of the molecule is CCc1ccc(C(CNC(=O)c2cc([N+](=O)[O-])cc(S(C)(=O)=O)c2)N(C)C)cc1. The van der Waals surface area contributed by atoms with Gasteiger partial charge >= 0.3 is 0 Å². The number of nitrogens with zero attached hydrogens (tertiary/aromatic N) is 2. The van der Waals surface area contributed by atoms with Crippen molar-refractivity contribution < 1.29 is 18.1 Å². The van der Waals surface area contributed by atoms with E-state index in [0.717, 1.165) is 36.4 Å². The van der Waals surface area contributed by atoms with Crippen molar-refractivity contribution in [3.8, 4) is 0 Å². The Balaban J connectivity index is 2.25. The Hall–Kier alpha value is -2.78. The molecule has 156 valence electrons. The molecule has 0 heterocycles. The Labute approximate surface area is 170 Å². The van der Waals surface area contributed by atoms with Crippen molar-refractivity contribution in [1.82, 2.24) is 10.2 Å². The number of nitro groups is 1. The number of hydrogen-bond acceptors (Lipinski definition) is 6. The smallest absolute Gasteiger partial charge is 0.271 e. The van der Waals surface area contributed by atoms with Crippen LogP contribution in [0.25, 0.3) is 0 Å². The van der Waals surface area contributed by atoms with Crippen molar-refractivity contribution in [3.05, 3.63) is 69.3 Å². The summed E-state index contributed by atoms with van der Waals surface area (Å²) in [4.78, 5) is 24.7. The quantitative estimate of drug-likeness (QED) is 0.520. The van der Waals surface area contributed by atoms with Crippen molar-refractivity contribution in [3.63, 3.8) is 0 Å². The number of carbonyl (C=O) groups is 1. The Morgan fingerprint density at radius 3 is 2.28 bits per heavy atom. The fourth-order valence-corrected chi connectivity index (χ4v) is 3.58. The minimum atomic E-state index is -3.70. The van der Waals surface area contributed by atoms with E-state index in [1.807, 2.05) is 43.3 Å². The highest BCUT2D eigenvalue weighted by Gasteiger charge is 2.21. The van der Waals surface area contributed by atoms with Crippen LogP contribution in [0, 0.1) is 10.1 Å². The van der Waals surface area contributed by atoms with Crippen molar-refractivity contribution in [2.45, 2.75) is 24.3 Å². The summed E-state index contributed by atoms with van der Waals surface area (Å²) in [6, 6.07) is 11.1. The fraction of sp³-hybridized carbons (Fsp3) is 0.350. The predicted molar refractivity (Wildman–Crippen MR) is 111 cm³/mol. The lowest BCUT2D eigenvalue weighted by Crippen LogP contribution is -2.34. The van der Waals surface area contributed by atoms with Crippen LogP contribution in [0.3, 0.4) is 0 Å². The Morgan fingerprint density at radius 1 is 1.17 bits per heavy atom. The highest BCUT2D eigenvalue weighted by Crippen LogP contribution is 2.22. The first-order valence-electron chi connectivity index (χ1n) is 9.06. The highest BCUT2D eigenvalue weighted by atomic mass is 32.2. The second-order valence-corrected chi connectivity index (χ2v) is 9.05. The van der Waals surface area contributed by atoms with Gasteiger partial charge in [-0.05, 0) is 37.7 Å². The molecule has 1 atom stereocenters. The third kappa shape index (κ3) is 5.85. The summed E-state index contributed by atoms with van der Waals surface area (Å²) in [5.74, 6) is -0.573. The van der Waals surface area contributed by atoms with Gasteiger partial charge in [-0.3, -0.25) is 14.9 Å². The maximum absolute atomic E-state index is 12.6. The van der Waals surface area contributed by atoms with Crippen LogP contribution in [0.1, 0.15) is 34.5 Å². The van der Waals surface area contributed by atoms with E-state index < -0.39 is 26.4 Å². The Morgan fingerprint density at radius 2 is 1.79 bits per heavy atom. The second kappa shape index (κ2) is 9.15. The fourth-order valence-electron chi connectivity index (χ4n) is 2.90. The van der Waals surface area contributed by atoms with E-state index in [-0.39, 0.29) is 23.0 Å². The first-order valence-corrected chi connectivity index (χ1v) is 10.9. The van der Waals surface area contributed by atoms with Gasteiger partial charge in [-0.15, -0.1) is 0 Å². The molecule has 0 aliphatic rings. The lowest BCUT2D eigenvalue weighted by Gasteiger charge is -2.25. The summed E-state index contributed by atoms with van der Waals surface area (Å²) < 4.78 is 23.6. The molecule has 2 rings (SSSR count). The molecule has 0 fully saturated rings. The van der Waals surface area contributed by atoms with Gasteiger partial charge in [0.1, 0.15) is 0 Å². The number of carbonyl (C=O) groups excluding carboxylic acids is 1. The van der Waals surface area contributed by atoms with Crippen LogP contribution in [0.4, 0.5) is 5.69 Å². The van der Waals surface area contributed by atoms with Gasteiger partial charge in [-0.1, -0.05) is 31.2 Å². The molecule has 1 unspecified atom stereocenters. The largest absolute Gasteiger partial charge is 0.350 e. The van der Waals surface area contributed by atoms with Crippen LogP contribution >= 0.6 is 0 Å². The summed E-state index contributed by atoms with van der Waals surface area (Å²) in [6.45, 7) is 2.33. The Bertz CT molecular complexity index is 1000. The summed E-state index contributed by atoms with van der Waals surface area (Å²) in [7, 11) is 0.0752. The topological polar surface area (TPSA) is 110 Å². The molecule has 9 heteroatoms. The normalized spacial score (nSPS) is 12.6. The molecule has 0 bridgehead atoms. The van der Waals surface area contributed by atoms with Gasteiger partial charge in [-0.25, -0.2) is 8.42 Å². The van der Waals surface area contributed by atoms with E-state index >= 15 is 0 Å². The predicted octanol–water partition coefficient (Wildman–Crippen LogP) is 2.59. The molecular weight excluding hydrogens is 394 g/mol. The van der Waals surface area contributed by atoms with Crippen LogP contribution in [0.15, 0.2) is 47.4 Å². The average molecular weight is 420 g/mol. The average Bonchev–Trinajstić information content (AvgIpc) is 2.67. The molecule has 2 aromatic rings. The van der Waals surface area contributed by atoms with Crippen molar-refractivity contribution in [2.24, 2.45) is 0 Å². The van der Waals surface area contributed by atoms with Crippen LogP contribution in [-0.2, 0) is 16.3 Å². The van der Waals surface area contributed by atoms with Gasteiger partial charge in [0.2, 0.25) is 0 Å². The van der Waals surface area contributed by atoms with E-state index in [1.54, 1.807) is 0 Å². The number of sulfone groups is 1. The van der Waals surface area contributed by atoms with E-state index in [2.05, 4.69) is 12.2 Å². The number of nitrogens with one attached hydrogen (secondary N) is 1. The van der Waals surface area contributed by atoms with Crippen molar-refractivity contribution >= 4 is 21.4 Å². The number of aryl methyl sites for hydroxylation is 1. The molecule has 0 saturated carbocycles. The zero-order valence-electron chi connectivity index (χ0n) is 16.9. The molecule has 1 amide bonds. The van der Waals surface area contributed by atoms with Crippen molar-refractivity contribution in [1.29, 1.82) is 0 Å². The third-order valence-electron chi connectivity index (χ3n) is 4.64. The molecule has 0 aliphatic heterocycles. The maximum atomic E-state index is 12.6. The minimum absolute atomic E-state index is 0.0709. The van der Waals surface area contributed by atoms with Gasteiger partial charge in [0, 0.05) is 30.5 Å². The lowest BCUT2D eigenvalue weighted by molar-refractivity contribution is -0.385. The van der Waals surface area contributed by atoms with Gasteiger partial charge in [0.25, 0.3) is 11.6 Å². The molecule has 2 aromatic carbocycles. The zero-order chi connectivity index (χ0) is 21.8. The number of nitro benzene ring substituents is 1. The molecule has 0 aromatic heterocycles. The van der Waals surface area contributed by atoms with Gasteiger partial charge < -0.3 is 10.2 Å². The van der Waals surface area contributed by atoms with E-state index in [9.17, 15) is 23.3 Å². The number of non-ortho nitro benzene ring substituents is 1. The molecule has 0 saturated heterocycles. The summed E-state index contributed by atoms with van der Waals surface area (Å²) >= 11 is 0. The molecule has 8 nitrogen and oxygen atoms in total. The number of benzene rings is 2.